The molecule has 1 aromatic heterocycles. The molecule has 0 radical (unpaired) electrons. The smallest absolute Gasteiger partial charge is 0.242 e. The van der Waals surface area contributed by atoms with E-state index < -0.39 is 10.0 Å². The normalized spacial score (nSPS) is 11.3. The van der Waals surface area contributed by atoms with E-state index in [1.54, 1.807) is 37.4 Å². The highest BCUT2D eigenvalue weighted by atomic mass is 32.2. The van der Waals surface area contributed by atoms with E-state index in [1.807, 2.05) is 0 Å². The number of hydrogen-bond acceptors (Lipinski definition) is 5. The van der Waals surface area contributed by atoms with Crippen molar-refractivity contribution in [3.8, 4) is 5.75 Å². The lowest BCUT2D eigenvalue weighted by Crippen LogP contribution is -2.23. The first-order valence-electron chi connectivity index (χ1n) is 6.33. The second kappa shape index (κ2) is 6.66. The van der Waals surface area contributed by atoms with Crippen molar-refractivity contribution >= 4 is 10.0 Å². The summed E-state index contributed by atoms with van der Waals surface area (Å²) in [6.07, 6.45) is 1.30. The van der Waals surface area contributed by atoms with Crippen LogP contribution in [-0.2, 0) is 23.1 Å². The highest BCUT2D eigenvalue weighted by Crippen LogP contribution is 2.13. The van der Waals surface area contributed by atoms with Crippen LogP contribution >= 0.6 is 0 Å². The van der Waals surface area contributed by atoms with Gasteiger partial charge in [-0.25, -0.2) is 13.1 Å². The third kappa shape index (κ3) is 4.01. The average molecular weight is 307 g/mol. The highest BCUT2D eigenvalue weighted by Gasteiger charge is 2.14. The minimum atomic E-state index is -3.58. The van der Waals surface area contributed by atoms with Crippen LogP contribution in [0.15, 0.2) is 47.5 Å². The molecule has 3 N–H and O–H groups in total. The van der Waals surface area contributed by atoms with Gasteiger partial charge >= 0.3 is 0 Å². The molecule has 0 fully saturated rings. The van der Waals surface area contributed by atoms with E-state index in [9.17, 15) is 8.42 Å². The molecule has 2 rings (SSSR count). The third-order valence-corrected chi connectivity index (χ3v) is 4.33. The van der Waals surface area contributed by atoms with Crippen LogP contribution in [0, 0.1) is 0 Å². The number of nitrogens with two attached hydrogens (primary N) is 1. The summed E-state index contributed by atoms with van der Waals surface area (Å²) < 4.78 is 31.8. The standard InChI is InChI=1S/C14H17N3O3S/c1-20-13-5-2-11(3-6-13)9-17-21(18,19)14-7-4-12(8-15)16-10-14/h2-7,10,17H,8-9,15H2,1H3. The van der Waals surface area contributed by atoms with Crippen LogP contribution < -0.4 is 15.2 Å². The van der Waals surface area contributed by atoms with E-state index in [4.69, 9.17) is 10.5 Å². The molecule has 0 saturated carbocycles. The van der Waals surface area contributed by atoms with Crippen molar-refractivity contribution < 1.29 is 13.2 Å². The lowest BCUT2D eigenvalue weighted by Gasteiger charge is -2.07. The van der Waals surface area contributed by atoms with Gasteiger partial charge in [-0.15, -0.1) is 0 Å². The maximum atomic E-state index is 12.1. The Morgan fingerprint density at radius 1 is 1.19 bits per heavy atom. The SMILES string of the molecule is COc1ccc(CNS(=O)(=O)c2ccc(CN)nc2)cc1. The van der Waals surface area contributed by atoms with Gasteiger partial charge in [-0.2, -0.15) is 0 Å². The van der Waals surface area contributed by atoms with Crippen LogP contribution in [0.1, 0.15) is 11.3 Å². The molecule has 0 saturated heterocycles. The van der Waals surface area contributed by atoms with Crippen molar-refractivity contribution in [2.24, 2.45) is 5.73 Å². The second-order valence-corrected chi connectivity index (χ2v) is 6.13. The van der Waals surface area contributed by atoms with Crippen molar-refractivity contribution in [1.29, 1.82) is 0 Å². The minimum absolute atomic E-state index is 0.119. The van der Waals surface area contributed by atoms with Crippen LogP contribution in [0.25, 0.3) is 0 Å². The largest absolute Gasteiger partial charge is 0.497 e. The van der Waals surface area contributed by atoms with Crippen LogP contribution in [0.2, 0.25) is 0 Å². The first kappa shape index (κ1) is 15.4. The Labute approximate surface area is 124 Å². The Bertz CT molecular complexity index is 682. The molecule has 6 nitrogen and oxygen atoms in total. The maximum Gasteiger partial charge on any atom is 0.242 e. The Kier molecular flexibility index (Phi) is 4.89. The number of benzene rings is 1. The van der Waals surface area contributed by atoms with E-state index >= 15 is 0 Å². The summed E-state index contributed by atoms with van der Waals surface area (Å²) in [6, 6.07) is 10.3. The van der Waals surface area contributed by atoms with E-state index in [1.165, 1.54) is 12.3 Å². The maximum absolute atomic E-state index is 12.1. The molecule has 0 atom stereocenters. The van der Waals surface area contributed by atoms with Crippen molar-refractivity contribution in [1.82, 2.24) is 9.71 Å². The number of pyridine rings is 1. The molecule has 0 unspecified atom stereocenters. The lowest BCUT2D eigenvalue weighted by molar-refractivity contribution is 0.414. The highest BCUT2D eigenvalue weighted by molar-refractivity contribution is 7.89. The molecule has 0 aliphatic rings. The molecule has 0 aliphatic heterocycles. The molecule has 1 heterocycles. The number of nitrogens with one attached hydrogen (secondary N) is 1. The molecule has 0 bridgehead atoms. The molecule has 7 heteroatoms. The zero-order chi connectivity index (χ0) is 15.3. The van der Waals surface area contributed by atoms with Gasteiger partial charge < -0.3 is 10.5 Å². The second-order valence-electron chi connectivity index (χ2n) is 4.36. The number of methoxy groups -OCH3 is 1. The number of rotatable bonds is 6. The van der Waals surface area contributed by atoms with Crippen LogP contribution in [-0.4, -0.2) is 20.5 Å². The van der Waals surface area contributed by atoms with Crippen molar-refractivity contribution in [2.45, 2.75) is 18.0 Å². The fourth-order valence-electron chi connectivity index (χ4n) is 1.70. The lowest BCUT2D eigenvalue weighted by atomic mass is 10.2. The number of hydrogen-bond donors (Lipinski definition) is 2. The minimum Gasteiger partial charge on any atom is -0.497 e. The van der Waals surface area contributed by atoms with Crippen molar-refractivity contribution in [3.05, 3.63) is 53.9 Å². The van der Waals surface area contributed by atoms with Gasteiger partial charge in [0.15, 0.2) is 0 Å². The monoisotopic (exact) mass is 307 g/mol. The molecular weight excluding hydrogens is 290 g/mol. The fraction of sp³-hybridized carbons (Fsp3) is 0.214. The predicted octanol–water partition coefficient (Wildman–Crippen LogP) is 1.03. The Morgan fingerprint density at radius 2 is 1.90 bits per heavy atom. The van der Waals surface area contributed by atoms with Crippen LogP contribution in [0.5, 0.6) is 5.75 Å². The first-order valence-corrected chi connectivity index (χ1v) is 7.81. The van der Waals surface area contributed by atoms with Crippen molar-refractivity contribution in [2.75, 3.05) is 7.11 Å². The molecular formula is C14H17N3O3S. The van der Waals surface area contributed by atoms with Gasteiger partial charge in [0.1, 0.15) is 10.6 Å². The molecule has 112 valence electrons. The summed E-state index contributed by atoms with van der Waals surface area (Å²) >= 11 is 0. The van der Waals surface area contributed by atoms with E-state index in [0.717, 1.165) is 11.3 Å². The summed E-state index contributed by atoms with van der Waals surface area (Å²) in [5.74, 6) is 0.725. The Morgan fingerprint density at radius 3 is 2.43 bits per heavy atom. The quantitative estimate of drug-likeness (QED) is 0.831. The molecule has 0 spiro atoms. The predicted molar refractivity (Wildman–Crippen MR) is 79.1 cm³/mol. The van der Waals surface area contributed by atoms with Crippen LogP contribution in [0.3, 0.4) is 0 Å². The van der Waals surface area contributed by atoms with Gasteiger partial charge in [-0.1, -0.05) is 12.1 Å². The number of aromatic nitrogens is 1. The summed E-state index contributed by atoms with van der Waals surface area (Å²) in [4.78, 5) is 4.10. The number of ether oxygens (including phenoxy) is 1. The zero-order valence-corrected chi connectivity index (χ0v) is 12.4. The van der Waals surface area contributed by atoms with E-state index in [2.05, 4.69) is 9.71 Å². The number of nitrogens with zero attached hydrogens (tertiary/aromatic N) is 1. The zero-order valence-electron chi connectivity index (χ0n) is 11.6. The van der Waals surface area contributed by atoms with Gasteiger partial charge in [-0.05, 0) is 29.8 Å². The molecule has 21 heavy (non-hydrogen) atoms. The topological polar surface area (TPSA) is 94.3 Å². The molecule has 1 aromatic carbocycles. The molecule has 2 aromatic rings. The Balaban J connectivity index is 2.05. The van der Waals surface area contributed by atoms with Gasteiger partial charge in [0, 0.05) is 19.3 Å². The first-order chi connectivity index (χ1) is 10.0. The fourth-order valence-corrected chi connectivity index (χ4v) is 2.66. The summed E-state index contributed by atoms with van der Waals surface area (Å²) in [6.45, 7) is 0.477. The summed E-state index contributed by atoms with van der Waals surface area (Å²) in [7, 11) is -2.00. The van der Waals surface area contributed by atoms with Gasteiger partial charge in [-0.3, -0.25) is 4.98 Å². The third-order valence-electron chi connectivity index (χ3n) is 2.94. The Hall–Kier alpha value is -1.96. The molecule has 0 aliphatic carbocycles. The summed E-state index contributed by atoms with van der Waals surface area (Å²) in [5, 5.41) is 0. The van der Waals surface area contributed by atoms with E-state index in [-0.39, 0.29) is 18.0 Å². The number of sulfonamides is 1. The van der Waals surface area contributed by atoms with Gasteiger partial charge in [0.25, 0.3) is 0 Å². The molecule has 0 amide bonds. The van der Waals surface area contributed by atoms with Crippen LogP contribution in [0.4, 0.5) is 0 Å². The van der Waals surface area contributed by atoms with Crippen molar-refractivity contribution in [3.63, 3.8) is 0 Å². The van der Waals surface area contributed by atoms with E-state index in [0.29, 0.717) is 5.69 Å². The summed E-state index contributed by atoms with van der Waals surface area (Å²) in [5.41, 5.74) is 6.91. The average Bonchev–Trinajstić information content (AvgIpc) is 2.53. The van der Waals surface area contributed by atoms with Gasteiger partial charge in [0.05, 0.1) is 12.8 Å². The van der Waals surface area contributed by atoms with Gasteiger partial charge in [0.2, 0.25) is 10.0 Å².